The van der Waals surface area contributed by atoms with Crippen molar-refractivity contribution in [2.45, 2.75) is 112 Å². The van der Waals surface area contributed by atoms with Crippen LogP contribution in [-0.2, 0) is 19.4 Å². The quantitative estimate of drug-likeness (QED) is 0.238. The van der Waals surface area contributed by atoms with E-state index in [0.29, 0.717) is 18.3 Å². The van der Waals surface area contributed by atoms with E-state index in [0.717, 1.165) is 63.4 Å². The summed E-state index contributed by atoms with van der Waals surface area (Å²) in [5.74, 6) is 0.975. The van der Waals surface area contributed by atoms with Crippen molar-refractivity contribution in [1.29, 1.82) is 0 Å². The predicted octanol–water partition coefficient (Wildman–Crippen LogP) is 3.58. The summed E-state index contributed by atoms with van der Waals surface area (Å²) in [6, 6.07) is 0. The molecule has 0 unspecified atom stereocenters. The molecule has 5 aliphatic rings. The molecule has 0 aromatic rings. The molecule has 0 saturated heterocycles. The molecule has 0 aliphatic heterocycles. The van der Waals surface area contributed by atoms with Gasteiger partial charge in [-0.15, -0.1) is 0 Å². The smallest absolute Gasteiger partial charge is 0.726 e. The van der Waals surface area contributed by atoms with Gasteiger partial charge >= 0.3 is 57.4 Å². The van der Waals surface area contributed by atoms with Gasteiger partial charge in [0.2, 0.25) is 10.4 Å². The summed E-state index contributed by atoms with van der Waals surface area (Å²) in [5.41, 5.74) is 0.296. The third-order valence-corrected chi connectivity index (χ3v) is 14.1. The Bertz CT molecular complexity index is 1100. The average molecular weight is 575 g/mol. The van der Waals surface area contributed by atoms with Crippen molar-refractivity contribution in [3.63, 3.8) is 0 Å². The van der Waals surface area contributed by atoms with Crippen LogP contribution < -0.4 is 51.4 Å². The van der Waals surface area contributed by atoms with E-state index in [-0.39, 0.29) is 85.4 Å². The van der Waals surface area contributed by atoms with Gasteiger partial charge in [-0.3, -0.25) is 8.98 Å². The molecule has 0 bridgehead atoms. The third kappa shape index (κ3) is 4.27. The molecule has 0 radical (unpaired) electrons. The molecule has 0 aromatic carbocycles. The van der Waals surface area contributed by atoms with Gasteiger partial charge in [0, 0.05) is 0 Å². The number of allylic oxidation sites excluding steroid dienone is 1. The van der Waals surface area contributed by atoms with E-state index in [2.05, 4.69) is 48.1 Å². The minimum atomic E-state index is -4.75. The molecule has 0 amide bonds. The summed E-state index contributed by atoms with van der Waals surface area (Å²) in [6.07, 6.45) is 8.46. The fourth-order valence-electron chi connectivity index (χ4n) is 11.8. The van der Waals surface area contributed by atoms with Crippen LogP contribution in [0.3, 0.4) is 0 Å². The molecule has 5 saturated carbocycles. The molecule has 5 rings (SSSR count). The molecule has 8 heteroatoms. The van der Waals surface area contributed by atoms with Gasteiger partial charge in [0.15, 0.2) is 0 Å². The first-order valence-corrected chi connectivity index (χ1v) is 15.8. The molecule has 0 aromatic heterocycles. The summed E-state index contributed by atoms with van der Waals surface area (Å²) < 4.78 is 39.7. The number of fused-ring (bicyclic) bond motifs is 7. The van der Waals surface area contributed by atoms with Crippen LogP contribution in [0.4, 0.5) is 0 Å². The summed E-state index contributed by atoms with van der Waals surface area (Å²) in [6.45, 7) is 18.0. The van der Waals surface area contributed by atoms with Crippen molar-refractivity contribution >= 4 is 16.4 Å². The van der Waals surface area contributed by atoms with Gasteiger partial charge in [0.1, 0.15) is 0 Å². The number of rotatable bonds is 4. The van der Waals surface area contributed by atoms with Crippen molar-refractivity contribution in [3.8, 4) is 0 Å². The Hall–Kier alpha value is 0.716. The molecule has 0 heterocycles. The number of hydrogen-bond donors (Lipinski definition) is 1. The van der Waals surface area contributed by atoms with Gasteiger partial charge in [-0.05, 0) is 122 Å². The van der Waals surface area contributed by atoms with E-state index >= 15 is 0 Å². The summed E-state index contributed by atoms with van der Waals surface area (Å²) in [5, 5.41) is 10.5. The van der Waals surface area contributed by atoms with Crippen molar-refractivity contribution < 1.29 is 78.4 Å². The fraction of sp³-hybridized carbons (Fsp3) is 0.900. The zero-order valence-corrected chi connectivity index (χ0v) is 28.6. The van der Waals surface area contributed by atoms with Crippen molar-refractivity contribution in [2.75, 3.05) is 0 Å². The fourth-order valence-corrected chi connectivity index (χ4v) is 12.4. The monoisotopic (exact) mass is 574 g/mol. The normalized spacial score (nSPS) is 49.4. The standard InChI is InChI=1S/C30H48O6S.K/c1-18(2)19-10-15-30(25(31)32)17-16-28(6)20(24(19)30)8-9-22-27(5)13-12-23(36-37(33,34)35)26(3,4)21(27)11-14-29(22,28)7;/h19-24H,1,8-17H2,2-7H3,(H,31,32)(H,33,34,35);/q;+1/p-1/t19-,20+,21-,22+,23-,24+,27-,28+,29+,30-;/m0./s1. The molecule has 38 heavy (non-hydrogen) atoms. The second-order valence-electron chi connectivity index (χ2n) is 15.0. The van der Waals surface area contributed by atoms with E-state index in [1.807, 2.05) is 0 Å². The largest absolute Gasteiger partial charge is 1.00 e. The molecule has 6 nitrogen and oxygen atoms in total. The number of carboxylic acids is 1. The molecular weight excluding hydrogens is 527 g/mol. The maximum absolute atomic E-state index is 12.8. The van der Waals surface area contributed by atoms with Crippen LogP contribution in [0.1, 0.15) is 106 Å². The molecule has 0 spiro atoms. The summed E-state index contributed by atoms with van der Waals surface area (Å²) in [7, 11) is -4.75. The van der Waals surface area contributed by atoms with Crippen molar-refractivity contribution in [2.24, 2.45) is 56.7 Å². The Morgan fingerprint density at radius 1 is 0.895 bits per heavy atom. The van der Waals surface area contributed by atoms with E-state index < -0.39 is 33.3 Å². The van der Waals surface area contributed by atoms with Gasteiger partial charge in [-0.25, -0.2) is 8.42 Å². The topological polar surface area (TPSA) is 104 Å². The van der Waals surface area contributed by atoms with Crippen LogP contribution in [0.15, 0.2) is 12.2 Å². The first-order chi connectivity index (χ1) is 16.9. The van der Waals surface area contributed by atoms with Gasteiger partial charge in [-0.2, -0.15) is 0 Å². The summed E-state index contributed by atoms with van der Waals surface area (Å²) >= 11 is 0. The Morgan fingerprint density at radius 3 is 2.13 bits per heavy atom. The van der Waals surface area contributed by atoms with Crippen LogP contribution in [0.5, 0.6) is 0 Å². The molecule has 5 fully saturated rings. The number of hydrogen-bond acceptors (Lipinski definition) is 5. The molecule has 210 valence electrons. The Morgan fingerprint density at radius 2 is 1.55 bits per heavy atom. The van der Waals surface area contributed by atoms with Crippen LogP contribution in [0.2, 0.25) is 0 Å². The number of carboxylic acid groups (broad SMARTS) is 1. The maximum Gasteiger partial charge on any atom is 1.00 e. The minimum Gasteiger partial charge on any atom is -0.726 e. The zero-order chi connectivity index (χ0) is 27.4. The number of aliphatic carboxylic acids is 1. The van der Waals surface area contributed by atoms with E-state index in [9.17, 15) is 22.9 Å². The van der Waals surface area contributed by atoms with Gasteiger partial charge in [0.05, 0.1) is 11.5 Å². The predicted molar refractivity (Wildman–Crippen MR) is 141 cm³/mol. The first kappa shape index (κ1) is 31.6. The first-order valence-electron chi connectivity index (χ1n) is 14.5. The molecule has 10 atom stereocenters. The molecule has 5 aliphatic carbocycles. The molecule has 1 N–H and O–H groups in total. The Labute approximate surface area is 272 Å². The Kier molecular flexibility index (Phi) is 8.23. The second kappa shape index (κ2) is 9.89. The minimum absolute atomic E-state index is 0. The zero-order valence-electron chi connectivity index (χ0n) is 24.6. The average Bonchev–Trinajstić information content (AvgIpc) is 3.17. The van der Waals surface area contributed by atoms with Crippen molar-refractivity contribution in [3.05, 3.63) is 12.2 Å². The Balaban J connectivity index is 0.00000336. The van der Waals surface area contributed by atoms with E-state index in [4.69, 9.17) is 4.18 Å². The van der Waals surface area contributed by atoms with Gasteiger partial charge in [0.25, 0.3) is 0 Å². The van der Waals surface area contributed by atoms with Crippen LogP contribution in [0, 0.1) is 56.7 Å². The van der Waals surface area contributed by atoms with E-state index in [1.165, 1.54) is 0 Å². The molecular formula is C30H47KO6S. The third-order valence-electron chi connectivity index (χ3n) is 13.7. The number of carbonyl (C=O) groups is 1. The maximum atomic E-state index is 12.8. The van der Waals surface area contributed by atoms with Crippen LogP contribution in [-0.4, -0.2) is 30.2 Å². The van der Waals surface area contributed by atoms with Crippen LogP contribution >= 0.6 is 0 Å². The second-order valence-corrected chi connectivity index (χ2v) is 16.0. The SMILES string of the molecule is C=C(C)[C@@H]1CC[C@]2(C(=O)O)CC[C@]3(C)[C@H](CC[C@@H]4[C@@]5(C)CC[C@H](OS(=O)(=O)[O-])C(C)(C)[C@@H]5CC[C@]43C)[C@@H]12.[K+]. The van der Waals surface area contributed by atoms with E-state index in [1.54, 1.807) is 0 Å². The van der Waals surface area contributed by atoms with Crippen molar-refractivity contribution in [1.82, 2.24) is 0 Å². The summed E-state index contributed by atoms with van der Waals surface area (Å²) in [4.78, 5) is 12.8. The van der Waals surface area contributed by atoms with Gasteiger partial charge in [-0.1, -0.05) is 46.8 Å². The van der Waals surface area contributed by atoms with Gasteiger partial charge < -0.3 is 9.66 Å². The van der Waals surface area contributed by atoms with Crippen LogP contribution in [0.25, 0.3) is 0 Å².